The fraction of sp³-hybridized carbons (Fsp3) is 0.200. The summed E-state index contributed by atoms with van der Waals surface area (Å²) in [5, 5.41) is 80.6. The lowest BCUT2D eigenvalue weighted by molar-refractivity contribution is -0.280. The van der Waals surface area contributed by atoms with Crippen molar-refractivity contribution in [1.29, 1.82) is 0 Å². The van der Waals surface area contributed by atoms with Crippen molar-refractivity contribution in [2.45, 2.75) is 30.7 Å². The summed E-state index contributed by atoms with van der Waals surface area (Å²) in [5.41, 5.74) is -0.805. The number of benzene rings is 3. The molecule has 1 fully saturated rings. The first-order valence-electron chi connectivity index (χ1n) is 13.0. The molecule has 2 heterocycles. The fourth-order valence-corrected chi connectivity index (χ4v) is 4.56. The molecule has 230 valence electrons. The van der Waals surface area contributed by atoms with Gasteiger partial charge in [-0.1, -0.05) is 12.1 Å². The molecule has 8 N–H and O–H groups in total. The Morgan fingerprint density at radius 1 is 0.864 bits per heavy atom. The average Bonchev–Trinajstić information content (AvgIpc) is 2.98. The molecule has 14 nitrogen and oxygen atoms in total. The number of rotatable bonds is 7. The van der Waals surface area contributed by atoms with Crippen molar-refractivity contribution in [1.82, 2.24) is 0 Å². The number of carbonyl (C=O) groups is 1. The summed E-state index contributed by atoms with van der Waals surface area (Å²) >= 11 is 0. The highest BCUT2D eigenvalue weighted by Gasteiger charge is 2.48. The number of aliphatic hydroxyl groups is 3. The van der Waals surface area contributed by atoms with E-state index >= 15 is 0 Å². The second-order valence-corrected chi connectivity index (χ2v) is 9.78. The minimum Gasteiger partial charge on any atom is -0.508 e. The lowest BCUT2D eigenvalue weighted by atomic mass is 9.99. The SMILES string of the molecule is O=C(/C=C/c1ccc(O)cc1)O[C@@H]1[C@@H](O)[C@H](Oc2c(-c3ccc(O)c(O)c3)oc3cc(O)cc(O)c3c2=O)O[C@H](CO)[C@H]1O. The normalized spacial score (nSPS) is 21.8. The van der Waals surface area contributed by atoms with Gasteiger partial charge in [0, 0.05) is 23.8 Å². The van der Waals surface area contributed by atoms with Crippen LogP contribution in [0.4, 0.5) is 0 Å². The Kier molecular flexibility index (Phi) is 8.33. The first kappa shape index (κ1) is 30.2. The van der Waals surface area contributed by atoms with Crippen LogP contribution in [0.2, 0.25) is 0 Å². The lowest BCUT2D eigenvalue weighted by Crippen LogP contribution is -2.61. The lowest BCUT2D eigenvalue weighted by Gasteiger charge is -2.41. The van der Waals surface area contributed by atoms with Gasteiger partial charge in [0.05, 0.1) is 6.61 Å². The molecule has 1 aliphatic heterocycles. The third-order valence-electron chi connectivity index (χ3n) is 6.77. The Hall–Kier alpha value is -5.28. The van der Waals surface area contributed by atoms with E-state index in [1.54, 1.807) is 0 Å². The van der Waals surface area contributed by atoms with Gasteiger partial charge in [-0.25, -0.2) is 4.79 Å². The summed E-state index contributed by atoms with van der Waals surface area (Å²) in [6, 6.07) is 11.1. The van der Waals surface area contributed by atoms with Crippen LogP contribution < -0.4 is 10.2 Å². The highest BCUT2D eigenvalue weighted by molar-refractivity contribution is 5.88. The molecule has 44 heavy (non-hydrogen) atoms. The zero-order chi connectivity index (χ0) is 31.7. The molecule has 0 saturated carbocycles. The zero-order valence-electron chi connectivity index (χ0n) is 22.5. The molecular weight excluding hydrogens is 584 g/mol. The molecule has 0 bridgehead atoms. The highest BCUT2D eigenvalue weighted by Crippen LogP contribution is 2.39. The van der Waals surface area contributed by atoms with E-state index in [9.17, 15) is 50.4 Å². The molecule has 0 aliphatic carbocycles. The summed E-state index contributed by atoms with van der Waals surface area (Å²) < 4.78 is 22.2. The molecule has 0 radical (unpaired) electrons. The van der Waals surface area contributed by atoms with Gasteiger partial charge in [-0.15, -0.1) is 0 Å². The summed E-state index contributed by atoms with van der Waals surface area (Å²) in [5.74, 6) is -4.29. The number of ether oxygens (including phenoxy) is 3. The maximum atomic E-state index is 13.6. The number of phenolic OH excluding ortho intramolecular Hbond substituents is 5. The zero-order valence-corrected chi connectivity index (χ0v) is 22.5. The molecule has 3 aromatic carbocycles. The van der Waals surface area contributed by atoms with Crippen LogP contribution in [-0.4, -0.2) is 84.1 Å². The smallest absolute Gasteiger partial charge is 0.331 e. The molecular formula is C30H26O14. The standard InChI is InChI=1S/C30H26O14/c31-12-21-24(38)28(43-22(37)8-3-13-1-5-15(32)6-2-13)26(40)30(42-21)44-29-25(39)23-19(36)10-16(33)11-20(23)41-27(29)14-4-7-17(34)18(35)9-14/h1-11,21,24,26,28,30-36,38,40H,12H2/b8-3+/t21-,24-,26-,28+,30+/m1/s1. The van der Waals surface area contributed by atoms with Crippen molar-refractivity contribution in [2.75, 3.05) is 6.61 Å². The quantitative estimate of drug-likeness (QED) is 0.0840. The summed E-state index contributed by atoms with van der Waals surface area (Å²) in [7, 11) is 0. The van der Waals surface area contributed by atoms with Crippen molar-refractivity contribution in [3.05, 3.63) is 76.5 Å². The molecule has 1 saturated heterocycles. The second kappa shape index (κ2) is 12.1. The van der Waals surface area contributed by atoms with Crippen LogP contribution in [0.25, 0.3) is 28.4 Å². The molecule has 4 aromatic rings. The number of aliphatic hydroxyl groups excluding tert-OH is 3. The van der Waals surface area contributed by atoms with Gasteiger partial charge in [-0.2, -0.15) is 0 Å². The number of hydrogen-bond donors (Lipinski definition) is 8. The van der Waals surface area contributed by atoms with Crippen LogP contribution in [0.5, 0.6) is 34.5 Å². The number of aromatic hydroxyl groups is 5. The molecule has 0 amide bonds. The van der Waals surface area contributed by atoms with E-state index < -0.39 is 88.6 Å². The molecule has 14 heteroatoms. The average molecular weight is 611 g/mol. The Labute approximate surface area is 247 Å². The van der Waals surface area contributed by atoms with Gasteiger partial charge in [0.15, 0.2) is 29.5 Å². The van der Waals surface area contributed by atoms with Crippen molar-refractivity contribution in [3.63, 3.8) is 0 Å². The van der Waals surface area contributed by atoms with Crippen LogP contribution in [0, 0.1) is 0 Å². The highest BCUT2D eigenvalue weighted by atomic mass is 16.7. The van der Waals surface area contributed by atoms with Crippen LogP contribution in [0.1, 0.15) is 5.56 Å². The van der Waals surface area contributed by atoms with Gasteiger partial charge >= 0.3 is 5.97 Å². The van der Waals surface area contributed by atoms with E-state index in [4.69, 9.17) is 18.6 Å². The van der Waals surface area contributed by atoms with E-state index in [-0.39, 0.29) is 16.9 Å². The number of fused-ring (bicyclic) bond motifs is 1. The fourth-order valence-electron chi connectivity index (χ4n) is 4.56. The Bertz CT molecular complexity index is 1780. The Morgan fingerprint density at radius 2 is 1.59 bits per heavy atom. The third-order valence-corrected chi connectivity index (χ3v) is 6.77. The Balaban J connectivity index is 1.51. The molecule has 0 spiro atoms. The van der Waals surface area contributed by atoms with Crippen LogP contribution in [-0.2, 0) is 14.3 Å². The predicted octanol–water partition coefficient (Wildman–Crippen LogP) is 1.43. The van der Waals surface area contributed by atoms with Crippen LogP contribution in [0.3, 0.4) is 0 Å². The summed E-state index contributed by atoms with van der Waals surface area (Å²) in [6.07, 6.45) is -6.43. The van der Waals surface area contributed by atoms with E-state index in [0.717, 1.165) is 30.3 Å². The molecule has 5 rings (SSSR count). The predicted molar refractivity (Wildman–Crippen MR) is 150 cm³/mol. The molecule has 1 aliphatic rings. The van der Waals surface area contributed by atoms with E-state index in [1.165, 1.54) is 36.4 Å². The van der Waals surface area contributed by atoms with Gasteiger partial charge in [0.2, 0.25) is 17.5 Å². The maximum Gasteiger partial charge on any atom is 0.331 e. The molecule has 5 atom stereocenters. The largest absolute Gasteiger partial charge is 0.508 e. The number of esters is 1. The van der Waals surface area contributed by atoms with Crippen LogP contribution >= 0.6 is 0 Å². The van der Waals surface area contributed by atoms with Crippen molar-refractivity contribution >= 4 is 23.0 Å². The topological polar surface area (TPSA) is 237 Å². The Morgan fingerprint density at radius 3 is 2.27 bits per heavy atom. The molecule has 0 unspecified atom stereocenters. The maximum absolute atomic E-state index is 13.6. The minimum absolute atomic E-state index is 0.0124. The number of carbonyl (C=O) groups excluding carboxylic acids is 1. The summed E-state index contributed by atoms with van der Waals surface area (Å²) in [6.45, 7) is -0.823. The van der Waals surface area contributed by atoms with Gasteiger partial charge < -0.3 is 59.5 Å². The first-order valence-corrected chi connectivity index (χ1v) is 13.0. The van der Waals surface area contributed by atoms with Gasteiger partial charge in [-0.3, -0.25) is 4.79 Å². The number of phenols is 5. The number of hydrogen-bond acceptors (Lipinski definition) is 14. The minimum atomic E-state index is -1.96. The van der Waals surface area contributed by atoms with Crippen molar-refractivity contribution in [2.24, 2.45) is 0 Å². The van der Waals surface area contributed by atoms with E-state index in [0.29, 0.717) is 5.56 Å². The first-order chi connectivity index (χ1) is 21.0. The van der Waals surface area contributed by atoms with Gasteiger partial charge in [0.1, 0.15) is 40.4 Å². The van der Waals surface area contributed by atoms with Gasteiger partial charge in [-0.05, 0) is 42.0 Å². The van der Waals surface area contributed by atoms with Crippen LogP contribution in [0.15, 0.2) is 69.9 Å². The monoisotopic (exact) mass is 610 g/mol. The van der Waals surface area contributed by atoms with Crippen molar-refractivity contribution in [3.8, 4) is 45.8 Å². The van der Waals surface area contributed by atoms with Gasteiger partial charge in [0.25, 0.3) is 0 Å². The van der Waals surface area contributed by atoms with E-state index in [2.05, 4.69) is 0 Å². The van der Waals surface area contributed by atoms with E-state index in [1.807, 2.05) is 0 Å². The van der Waals surface area contributed by atoms with Crippen molar-refractivity contribution < 1.29 is 64.3 Å². The third kappa shape index (κ3) is 5.95. The second-order valence-electron chi connectivity index (χ2n) is 9.78. The molecule has 1 aromatic heterocycles. The summed E-state index contributed by atoms with van der Waals surface area (Å²) in [4.78, 5) is 26.2.